The van der Waals surface area contributed by atoms with Crippen molar-refractivity contribution in [2.75, 3.05) is 24.2 Å². The second-order valence-corrected chi connectivity index (χ2v) is 6.55. The Kier molecular flexibility index (Phi) is 7.16. The molecule has 1 aliphatic rings. The fraction of sp³-hybridized carbons (Fsp3) is 0.333. The van der Waals surface area contributed by atoms with E-state index in [2.05, 4.69) is 29.8 Å². The molecule has 3 rings (SSSR count). The highest BCUT2D eigenvalue weighted by atomic mass is 79.9. The number of nitrogens with two attached hydrogens (primary N) is 1. The Morgan fingerprint density at radius 2 is 1.48 bits per heavy atom. The third kappa shape index (κ3) is 3.92. The van der Waals surface area contributed by atoms with Gasteiger partial charge in [-0.05, 0) is 18.6 Å². The second-order valence-electron chi connectivity index (χ2n) is 6.55. The highest BCUT2D eigenvalue weighted by molar-refractivity contribution is 6.31. The van der Waals surface area contributed by atoms with Gasteiger partial charge in [0.05, 0.1) is 23.4 Å². The van der Waals surface area contributed by atoms with Crippen LogP contribution < -0.4 is 32.9 Å². The van der Waals surface area contributed by atoms with E-state index in [4.69, 9.17) is 0 Å². The van der Waals surface area contributed by atoms with E-state index < -0.39 is 0 Å². The first-order valence-electron chi connectivity index (χ1n) is 9.25. The Morgan fingerprint density at radius 3 is 2.00 bits per heavy atom. The fourth-order valence-corrected chi connectivity index (χ4v) is 3.45. The van der Waals surface area contributed by atoms with Gasteiger partial charge < -0.3 is 32.9 Å². The minimum absolute atomic E-state index is 0. The monoisotopic (exact) mass is 431 g/mol. The van der Waals surface area contributed by atoms with E-state index in [1.165, 1.54) is 0 Å². The van der Waals surface area contributed by atoms with Gasteiger partial charge in [-0.15, -0.1) is 0 Å². The summed E-state index contributed by atoms with van der Waals surface area (Å²) < 4.78 is 0. The molecule has 1 aliphatic carbocycles. The van der Waals surface area contributed by atoms with Crippen molar-refractivity contribution in [3.63, 3.8) is 0 Å². The number of nitrogens with one attached hydrogen (secondary N) is 2. The smallest absolute Gasteiger partial charge is 0.196 e. The zero-order chi connectivity index (χ0) is 18.7. The third-order valence-corrected chi connectivity index (χ3v) is 4.87. The van der Waals surface area contributed by atoms with Crippen LogP contribution in [0.2, 0.25) is 0 Å². The Morgan fingerprint density at radius 1 is 0.926 bits per heavy atom. The molecule has 0 radical (unpaired) electrons. The van der Waals surface area contributed by atoms with Gasteiger partial charge in [0.1, 0.15) is 0 Å². The first-order chi connectivity index (χ1) is 12.6. The lowest BCUT2D eigenvalue weighted by Gasteiger charge is -2.25. The molecule has 0 aromatic heterocycles. The van der Waals surface area contributed by atoms with E-state index in [0.29, 0.717) is 27.9 Å². The van der Waals surface area contributed by atoms with Crippen LogP contribution in [-0.2, 0) is 0 Å². The molecule has 0 amide bonds. The maximum atomic E-state index is 13.2. The average Bonchev–Trinajstić information content (AvgIpc) is 2.68. The summed E-state index contributed by atoms with van der Waals surface area (Å²) in [5.41, 5.74) is 3.31. The Hall–Kier alpha value is -2.18. The van der Waals surface area contributed by atoms with Crippen molar-refractivity contribution in [3.05, 3.63) is 58.7 Å². The van der Waals surface area contributed by atoms with Gasteiger partial charge in [-0.3, -0.25) is 9.59 Å². The van der Waals surface area contributed by atoms with E-state index in [1.54, 1.807) is 31.3 Å². The van der Waals surface area contributed by atoms with Gasteiger partial charge >= 0.3 is 0 Å². The summed E-state index contributed by atoms with van der Waals surface area (Å²) in [4.78, 5) is 26.3. The molecule has 0 saturated carbocycles. The lowest BCUT2D eigenvalue weighted by molar-refractivity contribution is -0.683. The largest absolute Gasteiger partial charge is 1.00 e. The number of ketones is 2. The van der Waals surface area contributed by atoms with Gasteiger partial charge in [-0.2, -0.15) is 0 Å². The lowest BCUT2D eigenvalue weighted by atomic mass is 9.82. The third-order valence-electron chi connectivity index (χ3n) is 4.87. The summed E-state index contributed by atoms with van der Waals surface area (Å²) in [6, 6.07) is 10.8. The minimum atomic E-state index is -0.103. The molecule has 2 aromatic rings. The average molecular weight is 432 g/mol. The maximum Gasteiger partial charge on any atom is 0.196 e. The molecule has 0 spiro atoms. The van der Waals surface area contributed by atoms with Gasteiger partial charge in [0.25, 0.3) is 0 Å². The predicted molar refractivity (Wildman–Crippen MR) is 104 cm³/mol. The molecule has 0 saturated heterocycles. The molecular weight excluding hydrogens is 406 g/mol. The van der Waals surface area contributed by atoms with Gasteiger partial charge in [0.15, 0.2) is 17.7 Å². The van der Waals surface area contributed by atoms with E-state index >= 15 is 0 Å². The van der Waals surface area contributed by atoms with Crippen molar-refractivity contribution in [3.8, 4) is 0 Å². The fourth-order valence-electron chi connectivity index (χ4n) is 3.45. The summed E-state index contributed by atoms with van der Waals surface area (Å²) in [6.07, 6.45) is 2.17. The molecule has 4 N–H and O–H groups in total. The molecule has 1 unspecified atom stereocenters. The molecule has 144 valence electrons. The molecule has 0 bridgehead atoms. The van der Waals surface area contributed by atoms with Gasteiger partial charge in [-0.1, -0.05) is 38.1 Å². The van der Waals surface area contributed by atoms with E-state index in [1.807, 2.05) is 12.1 Å². The molecular formula is C21H26BrN3O2. The number of rotatable bonds is 7. The van der Waals surface area contributed by atoms with Crippen LogP contribution >= 0.6 is 0 Å². The molecule has 1 atom stereocenters. The number of carbonyl (C=O) groups excluding carboxylic acids is 2. The number of fused-ring (bicyclic) bond motifs is 2. The molecule has 0 aliphatic heterocycles. The Labute approximate surface area is 170 Å². The van der Waals surface area contributed by atoms with Crippen molar-refractivity contribution in [2.45, 2.75) is 32.9 Å². The molecule has 6 heteroatoms. The molecule has 5 nitrogen and oxygen atoms in total. The van der Waals surface area contributed by atoms with Crippen molar-refractivity contribution in [1.29, 1.82) is 0 Å². The summed E-state index contributed by atoms with van der Waals surface area (Å²) in [5.74, 6) is -0.200. The number of hydrogen-bond donors (Lipinski definition) is 3. The quantitative estimate of drug-likeness (QED) is 0.446. The van der Waals surface area contributed by atoms with Crippen LogP contribution in [0.15, 0.2) is 36.4 Å². The van der Waals surface area contributed by atoms with Crippen molar-refractivity contribution >= 4 is 22.9 Å². The van der Waals surface area contributed by atoms with E-state index in [0.717, 1.165) is 25.1 Å². The number of halogens is 1. The van der Waals surface area contributed by atoms with Gasteiger partial charge in [0, 0.05) is 30.3 Å². The predicted octanol–water partition coefficient (Wildman–Crippen LogP) is -0.371. The first kappa shape index (κ1) is 21.1. The van der Waals surface area contributed by atoms with Crippen LogP contribution in [0.5, 0.6) is 0 Å². The van der Waals surface area contributed by atoms with Crippen LogP contribution in [0.4, 0.5) is 11.4 Å². The lowest BCUT2D eigenvalue weighted by Crippen LogP contribution is -3.00. The van der Waals surface area contributed by atoms with Crippen LogP contribution in [0.3, 0.4) is 0 Å². The molecule has 0 fully saturated rings. The van der Waals surface area contributed by atoms with E-state index in [9.17, 15) is 9.59 Å². The standard InChI is InChI=1S/C21H25N3O2.BrH/c1-4-12-23-17(5-2)24-16-11-10-15(22-3)18-19(16)21(26)14-9-7-6-8-13(14)20(18)25;/h6-11,17,22-24H,4-5,12H2,1-3H3;1H. The van der Waals surface area contributed by atoms with E-state index in [-0.39, 0.29) is 34.7 Å². The number of hydrogen-bond acceptors (Lipinski definition) is 4. The first-order valence-corrected chi connectivity index (χ1v) is 9.25. The zero-order valence-corrected chi connectivity index (χ0v) is 17.5. The second kappa shape index (κ2) is 9.15. The zero-order valence-electron chi connectivity index (χ0n) is 15.9. The van der Waals surface area contributed by atoms with Crippen LogP contribution in [0.25, 0.3) is 0 Å². The summed E-state index contributed by atoms with van der Waals surface area (Å²) in [5, 5.41) is 8.76. The number of quaternary nitrogens is 1. The highest BCUT2D eigenvalue weighted by Crippen LogP contribution is 2.36. The van der Waals surface area contributed by atoms with Crippen molar-refractivity contribution in [1.82, 2.24) is 0 Å². The summed E-state index contributed by atoms with van der Waals surface area (Å²) in [7, 11) is 1.77. The normalized spacial score (nSPS) is 13.3. The van der Waals surface area contributed by atoms with Crippen LogP contribution in [0, 0.1) is 0 Å². The minimum Gasteiger partial charge on any atom is -1.00 e. The highest BCUT2D eigenvalue weighted by Gasteiger charge is 2.34. The maximum absolute atomic E-state index is 13.2. The van der Waals surface area contributed by atoms with Crippen molar-refractivity contribution < 1.29 is 31.9 Å². The van der Waals surface area contributed by atoms with Crippen LogP contribution in [-0.4, -0.2) is 31.3 Å². The number of carbonyl (C=O) groups is 2. The molecule has 2 aromatic carbocycles. The Bertz CT molecular complexity index is 851. The molecule has 27 heavy (non-hydrogen) atoms. The number of anilines is 2. The Balaban J connectivity index is 0.00000261. The van der Waals surface area contributed by atoms with Crippen molar-refractivity contribution in [2.24, 2.45) is 0 Å². The summed E-state index contributed by atoms with van der Waals surface area (Å²) in [6.45, 7) is 5.27. The topological polar surface area (TPSA) is 74.8 Å². The SMILES string of the molecule is CCC[NH2+]C(CC)Nc1ccc(NC)c2c1C(=O)c1ccccc1C2=O.[Br-]. The van der Waals surface area contributed by atoms with Gasteiger partial charge in [-0.25, -0.2) is 0 Å². The van der Waals surface area contributed by atoms with Gasteiger partial charge in [0.2, 0.25) is 0 Å². The molecule has 0 heterocycles. The van der Waals surface area contributed by atoms with Crippen LogP contribution in [0.1, 0.15) is 58.5 Å². The number of benzene rings is 2. The summed E-state index contributed by atoms with van der Waals surface area (Å²) >= 11 is 0.